The molecule has 0 fully saturated rings. The summed E-state index contributed by atoms with van der Waals surface area (Å²) in [6, 6.07) is 6.60. The normalized spacial score (nSPS) is 15.2. The Morgan fingerprint density at radius 2 is 1.71 bits per heavy atom. The van der Waals surface area contributed by atoms with Crippen molar-refractivity contribution in [2.75, 3.05) is 12.4 Å². The van der Waals surface area contributed by atoms with Gasteiger partial charge in [-0.05, 0) is 0 Å². The highest BCUT2D eigenvalue weighted by atomic mass is 35.5. The second kappa shape index (κ2) is 5.04. The first-order valence-corrected chi connectivity index (χ1v) is 6.35. The van der Waals surface area contributed by atoms with E-state index in [1.54, 1.807) is 24.3 Å². The molecule has 0 amide bonds. The molecule has 3 nitrogen and oxygen atoms in total. The number of carbonyl (C=O) groups excluding carboxylic acids is 2. The number of allylic oxidation sites excluding steroid dienone is 2. The van der Waals surface area contributed by atoms with Crippen LogP contribution in [0.25, 0.3) is 0 Å². The van der Waals surface area contributed by atoms with E-state index in [0.29, 0.717) is 16.9 Å². The van der Waals surface area contributed by atoms with Gasteiger partial charge >= 0.3 is 0 Å². The van der Waals surface area contributed by atoms with E-state index in [9.17, 15) is 9.59 Å². The third-order valence-corrected chi connectivity index (χ3v) is 3.90. The molecule has 0 saturated carbocycles. The monoisotopic (exact) mass is 268 g/mol. The standard InChI is InChI=1S/C12H9ClO3S/c13-9-10(15)7-3-1-2-4-8(7)11(16)12(9)17-6-5-14/h1-4,14H,5-6H2. The Hall–Kier alpha value is -1.10. The number of rotatable bonds is 3. The van der Waals surface area contributed by atoms with Crippen molar-refractivity contribution in [2.24, 2.45) is 0 Å². The average Bonchev–Trinajstić information content (AvgIpc) is 2.36. The molecule has 1 aromatic rings. The lowest BCUT2D eigenvalue weighted by molar-refractivity contribution is 0.0987. The summed E-state index contributed by atoms with van der Waals surface area (Å²) < 4.78 is 0. The van der Waals surface area contributed by atoms with Crippen LogP contribution in [0.5, 0.6) is 0 Å². The minimum Gasteiger partial charge on any atom is -0.396 e. The minimum absolute atomic E-state index is 0.0489. The Kier molecular flexibility index (Phi) is 3.66. The number of Topliss-reactive ketones (excluding diaryl/α,β-unsaturated/α-hetero) is 2. The van der Waals surface area contributed by atoms with E-state index in [-0.39, 0.29) is 28.1 Å². The second-order valence-corrected chi connectivity index (χ2v) is 4.90. The predicted octanol–water partition coefficient (Wildman–Crippen LogP) is 2.24. The van der Waals surface area contributed by atoms with Gasteiger partial charge in [0.05, 0.1) is 11.5 Å². The Balaban J connectivity index is 2.47. The van der Waals surface area contributed by atoms with Gasteiger partial charge in [-0.25, -0.2) is 0 Å². The van der Waals surface area contributed by atoms with Crippen LogP contribution in [-0.2, 0) is 0 Å². The Morgan fingerprint density at radius 1 is 1.12 bits per heavy atom. The summed E-state index contributed by atoms with van der Waals surface area (Å²) in [6.45, 7) is -0.0680. The van der Waals surface area contributed by atoms with Gasteiger partial charge in [-0.2, -0.15) is 0 Å². The van der Waals surface area contributed by atoms with Gasteiger partial charge in [-0.1, -0.05) is 35.9 Å². The van der Waals surface area contributed by atoms with Crippen LogP contribution in [0, 0.1) is 0 Å². The van der Waals surface area contributed by atoms with Gasteiger partial charge in [-0.15, -0.1) is 11.8 Å². The van der Waals surface area contributed by atoms with Gasteiger partial charge in [0.2, 0.25) is 11.6 Å². The Bertz CT molecular complexity index is 522. The van der Waals surface area contributed by atoms with Crippen LogP contribution in [0.2, 0.25) is 0 Å². The maximum Gasteiger partial charge on any atom is 0.206 e. The van der Waals surface area contributed by atoms with Gasteiger partial charge in [0.15, 0.2) is 0 Å². The van der Waals surface area contributed by atoms with E-state index in [2.05, 4.69) is 0 Å². The number of benzene rings is 1. The van der Waals surface area contributed by atoms with Crippen LogP contribution in [0.3, 0.4) is 0 Å². The highest BCUT2D eigenvalue weighted by Gasteiger charge is 2.30. The van der Waals surface area contributed by atoms with Gasteiger partial charge in [0.1, 0.15) is 5.03 Å². The zero-order valence-corrected chi connectivity index (χ0v) is 10.3. The number of carbonyl (C=O) groups is 2. The molecule has 0 spiro atoms. The quantitative estimate of drug-likeness (QED) is 0.913. The zero-order valence-electron chi connectivity index (χ0n) is 8.77. The summed E-state index contributed by atoms with van der Waals surface area (Å²) in [5.74, 6) is -0.238. The van der Waals surface area contributed by atoms with E-state index >= 15 is 0 Å². The van der Waals surface area contributed by atoms with Crippen LogP contribution in [-0.4, -0.2) is 29.0 Å². The van der Waals surface area contributed by atoms with Crippen LogP contribution in [0.4, 0.5) is 0 Å². The van der Waals surface area contributed by atoms with Crippen molar-refractivity contribution < 1.29 is 14.7 Å². The van der Waals surface area contributed by atoms with Crippen molar-refractivity contribution in [1.82, 2.24) is 0 Å². The molecule has 0 atom stereocenters. The van der Waals surface area contributed by atoms with E-state index in [1.807, 2.05) is 0 Å². The largest absolute Gasteiger partial charge is 0.396 e. The fraction of sp³-hybridized carbons (Fsp3) is 0.167. The molecule has 0 unspecified atom stereocenters. The molecule has 1 N–H and O–H groups in total. The molecule has 17 heavy (non-hydrogen) atoms. The van der Waals surface area contributed by atoms with Gasteiger partial charge in [-0.3, -0.25) is 9.59 Å². The topological polar surface area (TPSA) is 54.4 Å². The summed E-state index contributed by atoms with van der Waals surface area (Å²) >= 11 is 7.01. The van der Waals surface area contributed by atoms with E-state index < -0.39 is 0 Å². The fourth-order valence-corrected chi connectivity index (χ4v) is 2.71. The van der Waals surface area contributed by atoms with Crippen LogP contribution < -0.4 is 0 Å². The fourth-order valence-electron chi connectivity index (χ4n) is 1.60. The molecule has 0 heterocycles. The number of ketones is 2. The number of fused-ring (bicyclic) bond motifs is 1. The predicted molar refractivity (Wildman–Crippen MR) is 67.5 cm³/mol. The number of hydrogen-bond donors (Lipinski definition) is 1. The summed E-state index contributed by atoms with van der Waals surface area (Å²) in [5.41, 5.74) is 0.721. The minimum atomic E-state index is -0.331. The molecule has 1 aliphatic carbocycles. The molecule has 0 aromatic heterocycles. The van der Waals surface area contributed by atoms with Crippen molar-refractivity contribution in [3.63, 3.8) is 0 Å². The maximum atomic E-state index is 12.1. The molecule has 0 aliphatic heterocycles. The van der Waals surface area contributed by atoms with Crippen molar-refractivity contribution in [1.29, 1.82) is 0 Å². The highest BCUT2D eigenvalue weighted by molar-refractivity contribution is 8.04. The maximum absolute atomic E-state index is 12.1. The third kappa shape index (κ3) is 2.16. The lowest BCUT2D eigenvalue weighted by Crippen LogP contribution is -2.18. The van der Waals surface area contributed by atoms with Crippen LogP contribution in [0.15, 0.2) is 34.2 Å². The van der Waals surface area contributed by atoms with Gasteiger partial charge < -0.3 is 5.11 Å². The lowest BCUT2D eigenvalue weighted by atomic mass is 9.95. The van der Waals surface area contributed by atoms with E-state index in [4.69, 9.17) is 16.7 Å². The summed E-state index contributed by atoms with van der Waals surface area (Å²) in [5, 5.41) is 8.70. The third-order valence-electron chi connectivity index (χ3n) is 2.36. The smallest absolute Gasteiger partial charge is 0.206 e. The number of aliphatic hydroxyl groups is 1. The molecule has 0 saturated heterocycles. The number of aliphatic hydroxyl groups excluding tert-OH is 1. The van der Waals surface area contributed by atoms with Crippen molar-refractivity contribution >= 4 is 34.9 Å². The highest BCUT2D eigenvalue weighted by Crippen LogP contribution is 2.34. The second-order valence-electron chi connectivity index (χ2n) is 3.42. The van der Waals surface area contributed by atoms with Crippen molar-refractivity contribution in [3.05, 3.63) is 45.3 Å². The molecule has 0 bridgehead atoms. The van der Waals surface area contributed by atoms with Gasteiger partial charge in [0, 0.05) is 16.9 Å². The molecule has 88 valence electrons. The first-order valence-electron chi connectivity index (χ1n) is 4.98. The average molecular weight is 269 g/mol. The lowest BCUT2D eigenvalue weighted by Gasteiger charge is -2.16. The molecular weight excluding hydrogens is 260 g/mol. The van der Waals surface area contributed by atoms with E-state index in [1.165, 1.54) is 0 Å². The molecule has 1 aliphatic rings. The number of halogens is 1. The molecule has 2 rings (SSSR count). The van der Waals surface area contributed by atoms with Crippen LogP contribution >= 0.6 is 23.4 Å². The van der Waals surface area contributed by atoms with Crippen molar-refractivity contribution in [2.45, 2.75) is 0 Å². The molecular formula is C12H9ClO3S. The Labute approximate surface area is 107 Å². The van der Waals surface area contributed by atoms with Crippen molar-refractivity contribution in [3.8, 4) is 0 Å². The first kappa shape index (κ1) is 12.4. The van der Waals surface area contributed by atoms with Gasteiger partial charge in [0.25, 0.3) is 0 Å². The number of hydrogen-bond acceptors (Lipinski definition) is 4. The molecule has 0 radical (unpaired) electrons. The molecule has 5 heteroatoms. The Morgan fingerprint density at radius 3 is 2.29 bits per heavy atom. The number of thioether (sulfide) groups is 1. The summed E-state index contributed by atoms with van der Waals surface area (Å²) in [6.07, 6.45) is 0. The van der Waals surface area contributed by atoms with E-state index in [0.717, 1.165) is 11.8 Å². The molecule has 1 aromatic carbocycles. The summed E-state index contributed by atoms with van der Waals surface area (Å²) in [7, 11) is 0. The SMILES string of the molecule is O=C1C(Cl)=C(SCCO)C(=O)c2ccccc21. The summed E-state index contributed by atoms with van der Waals surface area (Å²) in [4.78, 5) is 24.2. The zero-order chi connectivity index (χ0) is 12.4. The first-order chi connectivity index (χ1) is 8.16. The van der Waals surface area contributed by atoms with Crippen LogP contribution in [0.1, 0.15) is 20.7 Å².